The van der Waals surface area contributed by atoms with E-state index in [1.165, 1.54) is 0 Å². The quantitative estimate of drug-likeness (QED) is 0.600. The zero-order chi connectivity index (χ0) is 7.68. The number of nitrogens with zero attached hydrogens (tertiary/aromatic N) is 1. The number of aromatic nitrogens is 1. The number of benzene rings is 1. The third-order valence-corrected chi connectivity index (χ3v) is 1.71. The second-order valence-electron chi connectivity index (χ2n) is 2.36. The highest BCUT2D eigenvalue weighted by Gasteiger charge is 1.98. The lowest BCUT2D eigenvalue weighted by Gasteiger charge is -1.85. The summed E-state index contributed by atoms with van der Waals surface area (Å²) < 4.78 is 0. The molecule has 1 N–H and O–H groups in total. The van der Waals surface area contributed by atoms with Crippen molar-refractivity contribution in [1.82, 2.24) is 4.98 Å². The molecule has 1 aromatic heterocycles. The average molecular weight is 142 g/mol. The Morgan fingerprint density at radius 2 is 2.09 bits per heavy atom. The number of aromatic amines is 1. The largest absolute Gasteiger partial charge is 0.352 e. The van der Waals surface area contributed by atoms with Crippen LogP contribution in [0.25, 0.3) is 10.8 Å². The molecular formula is C9H6N2. The molecule has 52 valence electrons. The van der Waals surface area contributed by atoms with E-state index in [2.05, 4.69) is 11.1 Å². The Bertz CT molecular complexity index is 420. The first kappa shape index (κ1) is 5.99. The first-order valence-corrected chi connectivity index (χ1v) is 3.38. The number of nitrogens with one attached hydrogen (secondary N) is 1. The van der Waals surface area contributed by atoms with E-state index in [0.717, 1.165) is 10.8 Å². The molecule has 0 atom stereocenters. The van der Waals surface area contributed by atoms with Gasteiger partial charge in [-0.3, -0.25) is 0 Å². The monoisotopic (exact) mass is 142 g/mol. The predicted octanol–water partition coefficient (Wildman–Crippen LogP) is 2.04. The van der Waals surface area contributed by atoms with Gasteiger partial charge in [0.2, 0.25) is 0 Å². The highest BCUT2D eigenvalue weighted by Crippen LogP contribution is 2.15. The van der Waals surface area contributed by atoms with Crippen LogP contribution in [-0.4, -0.2) is 4.98 Å². The molecule has 2 nitrogen and oxygen atoms in total. The second kappa shape index (κ2) is 2.14. The fourth-order valence-electron chi connectivity index (χ4n) is 1.17. The molecule has 0 fully saturated rings. The number of hydrogen-bond acceptors (Lipinski definition) is 1. The van der Waals surface area contributed by atoms with E-state index in [1.54, 1.807) is 0 Å². The minimum absolute atomic E-state index is 0.639. The van der Waals surface area contributed by atoms with Crippen molar-refractivity contribution in [2.75, 3.05) is 0 Å². The van der Waals surface area contributed by atoms with Crippen LogP contribution in [0.15, 0.2) is 30.5 Å². The van der Waals surface area contributed by atoms with Crippen molar-refractivity contribution in [2.24, 2.45) is 0 Å². The van der Waals surface area contributed by atoms with Crippen molar-refractivity contribution in [3.8, 4) is 6.07 Å². The lowest BCUT2D eigenvalue weighted by atomic mass is 10.2. The van der Waals surface area contributed by atoms with E-state index in [1.807, 2.05) is 30.5 Å². The number of H-pyrrole nitrogens is 1. The highest BCUT2D eigenvalue weighted by molar-refractivity contribution is 5.86. The first-order chi connectivity index (χ1) is 5.42. The van der Waals surface area contributed by atoms with E-state index in [-0.39, 0.29) is 0 Å². The fourth-order valence-corrected chi connectivity index (χ4v) is 1.17. The summed E-state index contributed by atoms with van der Waals surface area (Å²) in [5.74, 6) is 0. The number of nitriles is 1. The van der Waals surface area contributed by atoms with Crippen molar-refractivity contribution in [3.63, 3.8) is 0 Å². The first-order valence-electron chi connectivity index (χ1n) is 3.38. The third kappa shape index (κ3) is 0.786. The molecule has 0 aliphatic carbocycles. The highest BCUT2D eigenvalue weighted by atomic mass is 14.7. The molecule has 1 heterocycles. The van der Waals surface area contributed by atoms with Crippen molar-refractivity contribution < 1.29 is 0 Å². The summed E-state index contributed by atoms with van der Waals surface area (Å²) in [6.07, 6.45) is 1.84. The van der Waals surface area contributed by atoms with Gasteiger partial charge in [-0.2, -0.15) is 5.26 Å². The Labute approximate surface area is 64.1 Å². The number of rotatable bonds is 0. The molecule has 2 aromatic rings. The van der Waals surface area contributed by atoms with Gasteiger partial charge < -0.3 is 4.98 Å². The molecule has 2 rings (SSSR count). The van der Waals surface area contributed by atoms with Crippen molar-refractivity contribution >= 4 is 10.8 Å². The van der Waals surface area contributed by atoms with E-state index < -0.39 is 0 Å². The number of hydrogen-bond donors (Lipinski definition) is 1. The van der Waals surface area contributed by atoms with Gasteiger partial charge in [0.15, 0.2) is 0 Å². The third-order valence-electron chi connectivity index (χ3n) is 1.71. The van der Waals surface area contributed by atoms with Crippen molar-refractivity contribution in [3.05, 3.63) is 36.2 Å². The molecule has 0 saturated heterocycles. The molecule has 0 amide bonds. The molecular weight excluding hydrogens is 136 g/mol. The van der Waals surface area contributed by atoms with Gasteiger partial charge in [-0.15, -0.1) is 0 Å². The molecule has 0 spiro atoms. The van der Waals surface area contributed by atoms with Crippen LogP contribution in [-0.2, 0) is 0 Å². The van der Waals surface area contributed by atoms with Gasteiger partial charge in [-0.1, -0.05) is 24.3 Å². The Balaban J connectivity index is 2.89. The van der Waals surface area contributed by atoms with Crippen molar-refractivity contribution in [2.45, 2.75) is 0 Å². The van der Waals surface area contributed by atoms with E-state index in [9.17, 15) is 0 Å². The Morgan fingerprint density at radius 1 is 1.27 bits per heavy atom. The van der Waals surface area contributed by atoms with Crippen LogP contribution in [0.2, 0.25) is 0 Å². The second-order valence-corrected chi connectivity index (χ2v) is 2.36. The van der Waals surface area contributed by atoms with Gasteiger partial charge in [-0.25, -0.2) is 0 Å². The maximum absolute atomic E-state index is 8.64. The SMILES string of the molecule is N#Cc1[nH]cc2ccccc12. The summed E-state index contributed by atoms with van der Waals surface area (Å²) in [7, 11) is 0. The van der Waals surface area contributed by atoms with Crippen LogP contribution in [0.1, 0.15) is 5.69 Å². The van der Waals surface area contributed by atoms with Gasteiger partial charge in [-0.05, 0) is 0 Å². The molecule has 0 unspecified atom stereocenters. The minimum Gasteiger partial charge on any atom is -0.352 e. The van der Waals surface area contributed by atoms with Crippen LogP contribution in [0, 0.1) is 11.3 Å². The molecule has 0 saturated carbocycles. The summed E-state index contributed by atoms with van der Waals surface area (Å²) >= 11 is 0. The average Bonchev–Trinajstić information content (AvgIpc) is 2.47. The predicted molar refractivity (Wildman–Crippen MR) is 43.0 cm³/mol. The molecule has 0 radical (unpaired) electrons. The maximum Gasteiger partial charge on any atom is 0.125 e. The van der Waals surface area contributed by atoms with Gasteiger partial charge in [0.1, 0.15) is 11.8 Å². The Morgan fingerprint density at radius 3 is 2.91 bits per heavy atom. The molecule has 0 aliphatic heterocycles. The number of fused-ring (bicyclic) bond motifs is 1. The van der Waals surface area contributed by atoms with E-state index >= 15 is 0 Å². The Kier molecular flexibility index (Phi) is 1.16. The Hall–Kier alpha value is -1.75. The molecule has 0 bridgehead atoms. The zero-order valence-electron chi connectivity index (χ0n) is 5.83. The summed E-state index contributed by atoms with van der Waals surface area (Å²) in [6.45, 7) is 0. The summed E-state index contributed by atoms with van der Waals surface area (Å²) in [4.78, 5) is 2.90. The van der Waals surface area contributed by atoms with Crippen LogP contribution in [0.3, 0.4) is 0 Å². The molecule has 1 aromatic carbocycles. The van der Waals surface area contributed by atoms with Crippen LogP contribution in [0.5, 0.6) is 0 Å². The molecule has 0 aliphatic rings. The van der Waals surface area contributed by atoms with Crippen molar-refractivity contribution in [1.29, 1.82) is 5.26 Å². The van der Waals surface area contributed by atoms with Crippen LogP contribution in [0.4, 0.5) is 0 Å². The fraction of sp³-hybridized carbons (Fsp3) is 0. The maximum atomic E-state index is 8.64. The summed E-state index contributed by atoms with van der Waals surface area (Å²) in [6, 6.07) is 9.89. The topological polar surface area (TPSA) is 39.6 Å². The molecule has 2 heteroatoms. The van der Waals surface area contributed by atoms with Gasteiger partial charge in [0, 0.05) is 17.0 Å². The lowest BCUT2D eigenvalue weighted by Crippen LogP contribution is -1.70. The van der Waals surface area contributed by atoms with Gasteiger partial charge in [0.25, 0.3) is 0 Å². The minimum atomic E-state index is 0.639. The smallest absolute Gasteiger partial charge is 0.125 e. The van der Waals surface area contributed by atoms with Gasteiger partial charge in [0.05, 0.1) is 0 Å². The summed E-state index contributed by atoms with van der Waals surface area (Å²) in [5, 5.41) is 10.7. The summed E-state index contributed by atoms with van der Waals surface area (Å²) in [5.41, 5.74) is 0.639. The molecule has 11 heavy (non-hydrogen) atoms. The zero-order valence-corrected chi connectivity index (χ0v) is 5.83. The van der Waals surface area contributed by atoms with Crippen LogP contribution < -0.4 is 0 Å². The normalized spacial score (nSPS) is 9.73. The van der Waals surface area contributed by atoms with Gasteiger partial charge >= 0.3 is 0 Å². The lowest BCUT2D eigenvalue weighted by molar-refractivity contribution is 1.35. The van der Waals surface area contributed by atoms with Crippen LogP contribution >= 0.6 is 0 Å². The van der Waals surface area contributed by atoms with E-state index in [4.69, 9.17) is 5.26 Å². The standard InChI is InChI=1S/C9H6N2/c10-5-9-8-4-2-1-3-7(8)6-11-9/h1-4,6,11H. The van der Waals surface area contributed by atoms with E-state index in [0.29, 0.717) is 5.69 Å².